The molecule has 142 valence electrons. The highest BCUT2D eigenvalue weighted by atomic mass is 16.5. The number of fused-ring (bicyclic) bond motifs is 2. The van der Waals surface area contributed by atoms with Gasteiger partial charge in [-0.3, -0.25) is 4.79 Å². The Morgan fingerprint density at radius 3 is 2.54 bits per heavy atom. The Hall–Kier alpha value is -2.51. The van der Waals surface area contributed by atoms with Gasteiger partial charge in [0.15, 0.2) is 5.76 Å². The summed E-state index contributed by atoms with van der Waals surface area (Å²) in [5.41, 5.74) is -0.190. The number of aliphatic hydroxyl groups is 1. The van der Waals surface area contributed by atoms with Crippen molar-refractivity contribution in [3.8, 4) is 0 Å². The molecule has 0 saturated carbocycles. The van der Waals surface area contributed by atoms with Gasteiger partial charge in [0.2, 0.25) is 0 Å². The number of hydrogen-bond donors (Lipinski definition) is 2. The quantitative estimate of drug-likeness (QED) is 0.726. The Kier molecular flexibility index (Phi) is 4.93. The number of carbonyl (C=O) groups excluding carboxylic acids is 2. The van der Waals surface area contributed by atoms with Crippen molar-refractivity contribution >= 4 is 18.0 Å². The molecule has 0 aromatic rings. The summed E-state index contributed by atoms with van der Waals surface area (Å²) in [5.74, 6) is -1.84. The minimum Gasteiger partial charge on any atom is -0.503 e. The Labute approximate surface area is 151 Å². The van der Waals surface area contributed by atoms with Gasteiger partial charge in [0, 0.05) is 30.7 Å². The summed E-state index contributed by atoms with van der Waals surface area (Å²) in [6.45, 7) is 2.73. The average Bonchev–Trinajstić information content (AvgIpc) is 2.87. The summed E-state index contributed by atoms with van der Waals surface area (Å²) in [5, 5.41) is 19.8. The van der Waals surface area contributed by atoms with Crippen LogP contribution >= 0.6 is 0 Å². The number of amides is 2. The third-order valence-electron chi connectivity index (χ3n) is 5.48. The lowest BCUT2D eigenvalue weighted by Crippen LogP contribution is -2.53. The minimum atomic E-state index is -1.01. The van der Waals surface area contributed by atoms with Gasteiger partial charge < -0.3 is 24.7 Å². The monoisotopic (exact) mass is 364 g/mol. The van der Waals surface area contributed by atoms with E-state index >= 15 is 0 Å². The molecule has 2 N–H and O–H groups in total. The number of carbonyl (C=O) groups is 3. The van der Waals surface area contributed by atoms with Crippen molar-refractivity contribution in [2.24, 2.45) is 5.41 Å². The number of ether oxygens (including phenoxy) is 1. The molecule has 26 heavy (non-hydrogen) atoms. The molecule has 3 heterocycles. The van der Waals surface area contributed by atoms with E-state index in [0.717, 1.165) is 19.3 Å². The molecule has 3 aliphatic rings. The molecular formula is C18H24N2O6. The van der Waals surface area contributed by atoms with E-state index in [1.165, 1.54) is 4.90 Å². The molecule has 0 aromatic heterocycles. The van der Waals surface area contributed by atoms with E-state index in [1.54, 1.807) is 11.8 Å². The maximum Gasteiger partial charge on any atom is 0.407 e. The summed E-state index contributed by atoms with van der Waals surface area (Å²) in [4.78, 5) is 39.5. The second-order valence-electron chi connectivity index (χ2n) is 6.84. The van der Waals surface area contributed by atoms with Gasteiger partial charge in [-0.25, -0.2) is 9.59 Å². The Bertz CT molecular complexity index is 688. The largest absolute Gasteiger partial charge is 0.503 e. The third-order valence-corrected chi connectivity index (χ3v) is 5.48. The molecule has 1 fully saturated rings. The standard InChI is InChI=1S/C18H24N2O6/c1-2-26-16(23)13-14(21)15(22)20-9-5-3-4-6-12(20)18(13)7-10-19(11-8-18)17(24)25/h6,21H,2-5,7-11H2,1H3,(H,24,25). The fourth-order valence-electron chi connectivity index (χ4n) is 4.22. The molecule has 0 aliphatic carbocycles. The summed E-state index contributed by atoms with van der Waals surface area (Å²) in [6, 6.07) is 0. The predicted octanol–water partition coefficient (Wildman–Crippen LogP) is 2.03. The van der Waals surface area contributed by atoms with Crippen LogP contribution in [-0.4, -0.2) is 64.2 Å². The van der Waals surface area contributed by atoms with Crippen LogP contribution in [0.1, 0.15) is 39.0 Å². The van der Waals surface area contributed by atoms with Crippen LogP contribution in [0.15, 0.2) is 23.1 Å². The highest BCUT2D eigenvalue weighted by molar-refractivity contribution is 6.05. The van der Waals surface area contributed by atoms with E-state index in [-0.39, 0.29) is 25.3 Å². The number of likely N-dealkylation sites (tertiary alicyclic amines) is 1. The number of rotatable bonds is 2. The molecule has 3 aliphatic heterocycles. The first kappa shape index (κ1) is 18.3. The summed E-state index contributed by atoms with van der Waals surface area (Å²) in [6.07, 6.45) is 4.11. The maximum absolute atomic E-state index is 12.7. The molecule has 1 saturated heterocycles. The van der Waals surface area contributed by atoms with E-state index in [2.05, 4.69) is 0 Å². The molecular weight excluding hydrogens is 340 g/mol. The zero-order chi connectivity index (χ0) is 18.9. The fraction of sp³-hybridized carbons (Fsp3) is 0.611. The number of piperidine rings is 1. The van der Waals surface area contributed by atoms with Crippen LogP contribution in [-0.2, 0) is 14.3 Å². The zero-order valence-electron chi connectivity index (χ0n) is 14.9. The van der Waals surface area contributed by atoms with Crippen LogP contribution in [0.2, 0.25) is 0 Å². The van der Waals surface area contributed by atoms with Crippen LogP contribution in [0.25, 0.3) is 0 Å². The van der Waals surface area contributed by atoms with Crippen molar-refractivity contribution in [2.75, 3.05) is 26.2 Å². The van der Waals surface area contributed by atoms with Crippen molar-refractivity contribution < 1.29 is 29.3 Å². The lowest BCUT2D eigenvalue weighted by Gasteiger charge is -2.48. The van der Waals surface area contributed by atoms with E-state index < -0.39 is 29.1 Å². The third kappa shape index (κ3) is 2.83. The molecule has 0 aromatic carbocycles. The second kappa shape index (κ2) is 7.01. The molecule has 0 radical (unpaired) electrons. The molecule has 0 unspecified atom stereocenters. The van der Waals surface area contributed by atoms with E-state index in [9.17, 15) is 24.6 Å². The van der Waals surface area contributed by atoms with Crippen LogP contribution in [0, 0.1) is 5.41 Å². The number of carboxylic acid groups (broad SMARTS) is 1. The molecule has 1 spiro atoms. The van der Waals surface area contributed by atoms with Gasteiger partial charge in [0.1, 0.15) is 0 Å². The molecule has 3 rings (SSSR count). The van der Waals surface area contributed by atoms with Crippen molar-refractivity contribution in [2.45, 2.75) is 39.0 Å². The molecule has 2 amide bonds. The first-order valence-corrected chi connectivity index (χ1v) is 9.03. The summed E-state index contributed by atoms with van der Waals surface area (Å²) in [7, 11) is 0. The van der Waals surface area contributed by atoms with Crippen molar-refractivity contribution in [1.82, 2.24) is 9.80 Å². The van der Waals surface area contributed by atoms with E-state index in [0.29, 0.717) is 25.1 Å². The minimum absolute atomic E-state index is 0.0150. The maximum atomic E-state index is 12.7. The lowest BCUT2D eigenvalue weighted by atomic mass is 9.66. The van der Waals surface area contributed by atoms with Gasteiger partial charge >= 0.3 is 12.1 Å². The van der Waals surface area contributed by atoms with Gasteiger partial charge in [-0.05, 0) is 39.0 Å². The average molecular weight is 364 g/mol. The number of esters is 1. The van der Waals surface area contributed by atoms with E-state index in [1.807, 2.05) is 6.08 Å². The van der Waals surface area contributed by atoms with Crippen LogP contribution < -0.4 is 0 Å². The van der Waals surface area contributed by atoms with Crippen molar-refractivity contribution in [3.05, 3.63) is 23.1 Å². The smallest absolute Gasteiger partial charge is 0.407 e. The van der Waals surface area contributed by atoms with Crippen LogP contribution in [0.3, 0.4) is 0 Å². The number of nitrogens with zero attached hydrogens (tertiary/aromatic N) is 2. The highest BCUT2D eigenvalue weighted by Crippen LogP contribution is 2.51. The highest BCUT2D eigenvalue weighted by Gasteiger charge is 2.54. The predicted molar refractivity (Wildman–Crippen MR) is 91.2 cm³/mol. The first-order chi connectivity index (χ1) is 12.4. The summed E-state index contributed by atoms with van der Waals surface area (Å²) < 4.78 is 5.13. The van der Waals surface area contributed by atoms with Crippen molar-refractivity contribution in [3.63, 3.8) is 0 Å². The summed E-state index contributed by atoms with van der Waals surface area (Å²) >= 11 is 0. The van der Waals surface area contributed by atoms with Crippen LogP contribution in [0.4, 0.5) is 4.79 Å². The molecule has 8 nitrogen and oxygen atoms in total. The number of hydrogen-bond acceptors (Lipinski definition) is 5. The Morgan fingerprint density at radius 1 is 1.23 bits per heavy atom. The van der Waals surface area contributed by atoms with Gasteiger partial charge in [-0.2, -0.15) is 0 Å². The normalized spacial score (nSPS) is 22.7. The van der Waals surface area contributed by atoms with Gasteiger partial charge in [0.05, 0.1) is 12.2 Å². The van der Waals surface area contributed by atoms with Crippen LogP contribution in [0.5, 0.6) is 0 Å². The zero-order valence-corrected chi connectivity index (χ0v) is 14.9. The Morgan fingerprint density at radius 2 is 1.92 bits per heavy atom. The second-order valence-corrected chi connectivity index (χ2v) is 6.84. The fourth-order valence-corrected chi connectivity index (χ4v) is 4.22. The van der Waals surface area contributed by atoms with Gasteiger partial charge in [0.25, 0.3) is 5.91 Å². The van der Waals surface area contributed by atoms with Gasteiger partial charge in [-0.1, -0.05) is 6.08 Å². The first-order valence-electron chi connectivity index (χ1n) is 9.03. The van der Waals surface area contributed by atoms with Gasteiger partial charge in [-0.15, -0.1) is 0 Å². The van der Waals surface area contributed by atoms with E-state index in [4.69, 9.17) is 4.74 Å². The van der Waals surface area contributed by atoms with Crippen molar-refractivity contribution in [1.29, 1.82) is 0 Å². The SMILES string of the molecule is CCOC(=O)C1=C(O)C(=O)N2CCCCC=C2C12CCN(C(=O)O)CC2. The molecule has 0 atom stereocenters. The number of allylic oxidation sites excluding steroid dienone is 2. The molecule has 8 heteroatoms. The topological polar surface area (TPSA) is 107 Å². The Balaban J connectivity index is 2.11. The lowest BCUT2D eigenvalue weighted by molar-refractivity contribution is -0.143. The number of aliphatic hydroxyl groups excluding tert-OH is 1. The molecule has 0 bridgehead atoms.